The number of hydrogen-bond donors (Lipinski definition) is 1. The Bertz CT molecular complexity index is 1080. The second kappa shape index (κ2) is 10.3. The first kappa shape index (κ1) is 25.6. The maximum absolute atomic E-state index is 13.5. The van der Waals surface area contributed by atoms with Crippen molar-refractivity contribution in [3.05, 3.63) is 64.7 Å². The number of halogens is 2. The molecule has 32 heavy (non-hydrogen) atoms. The zero-order valence-electron chi connectivity index (χ0n) is 19.1. The molecule has 0 radical (unpaired) electrons. The van der Waals surface area contributed by atoms with E-state index in [2.05, 4.69) is 23.4 Å². The van der Waals surface area contributed by atoms with Gasteiger partial charge in [-0.3, -0.25) is 4.98 Å². The topological polar surface area (TPSA) is 79.4 Å². The van der Waals surface area contributed by atoms with Crippen molar-refractivity contribution in [3.8, 4) is 0 Å². The van der Waals surface area contributed by atoms with Crippen molar-refractivity contribution in [3.63, 3.8) is 0 Å². The summed E-state index contributed by atoms with van der Waals surface area (Å²) in [6.07, 6.45) is 1.48. The summed E-state index contributed by atoms with van der Waals surface area (Å²) in [5.74, 6) is -0.537. The third-order valence-electron chi connectivity index (χ3n) is 5.98. The summed E-state index contributed by atoms with van der Waals surface area (Å²) >= 11 is 0. The predicted molar refractivity (Wildman–Crippen MR) is 126 cm³/mol. The molecule has 1 aromatic carbocycles. The number of carbonyl (C=O) groups is 1. The van der Waals surface area contributed by atoms with Gasteiger partial charge in [0.05, 0.1) is 17.6 Å². The van der Waals surface area contributed by atoms with E-state index in [9.17, 15) is 9.18 Å². The van der Waals surface area contributed by atoms with E-state index in [0.717, 1.165) is 33.4 Å². The number of primary amides is 1. The number of rotatable bonds is 8. The highest BCUT2D eigenvalue weighted by Gasteiger charge is 2.36. The summed E-state index contributed by atoms with van der Waals surface area (Å²) in [5.41, 5.74) is 10.5. The van der Waals surface area contributed by atoms with Gasteiger partial charge in [0.2, 0.25) is 0 Å². The molecule has 1 atom stereocenters. The Morgan fingerprint density at radius 3 is 2.47 bits per heavy atom. The molecule has 0 aliphatic rings. The number of hydrogen-bond acceptors (Lipinski definition) is 4. The predicted octanol–water partition coefficient (Wildman–Crippen LogP) is 5.06. The van der Waals surface area contributed by atoms with Crippen LogP contribution in [0.3, 0.4) is 0 Å². The maximum Gasteiger partial charge on any atom is 0.405 e. The van der Waals surface area contributed by atoms with E-state index in [1.165, 1.54) is 12.1 Å². The summed E-state index contributed by atoms with van der Waals surface area (Å²) in [6.45, 7) is 9.04. The second-order valence-corrected chi connectivity index (χ2v) is 8.36. The van der Waals surface area contributed by atoms with Gasteiger partial charge in [0.15, 0.2) is 0 Å². The van der Waals surface area contributed by atoms with Crippen molar-refractivity contribution in [1.29, 1.82) is 0 Å². The van der Waals surface area contributed by atoms with Gasteiger partial charge in [-0.1, -0.05) is 12.1 Å². The van der Waals surface area contributed by atoms with Gasteiger partial charge in [-0.25, -0.2) is 9.18 Å². The van der Waals surface area contributed by atoms with E-state index in [0.29, 0.717) is 19.6 Å². The molecule has 0 aliphatic carbocycles. The van der Waals surface area contributed by atoms with Crippen LogP contribution in [0.5, 0.6) is 0 Å². The van der Waals surface area contributed by atoms with Gasteiger partial charge < -0.3 is 19.8 Å². The molecule has 8 heteroatoms. The number of aromatic nitrogens is 2. The second-order valence-electron chi connectivity index (χ2n) is 8.36. The minimum atomic E-state index is -0.910. The molecular weight excluding hydrogens is 433 g/mol. The Morgan fingerprint density at radius 1 is 1.22 bits per heavy atom. The fraction of sp³-hybridized carbons (Fsp3) is 0.417. The van der Waals surface area contributed by atoms with Crippen LogP contribution in [0.15, 0.2) is 36.5 Å². The Morgan fingerprint density at radius 2 is 1.88 bits per heavy atom. The third-order valence-corrected chi connectivity index (χ3v) is 5.98. The van der Waals surface area contributed by atoms with Gasteiger partial charge in [0.25, 0.3) is 0 Å². The van der Waals surface area contributed by atoms with Crippen molar-refractivity contribution < 1.29 is 18.7 Å². The Balaban J connectivity index is 0.00000363. The quantitative estimate of drug-likeness (QED) is 0.506. The van der Waals surface area contributed by atoms with Gasteiger partial charge in [-0.05, 0) is 69.0 Å². The Hall–Kier alpha value is -2.64. The lowest BCUT2D eigenvalue weighted by Gasteiger charge is -2.34. The SMILES string of the molecule is COCCn1c(C)c(C)c2nccc(C(Cc3ccc(F)cc3)C(C)(C)OC(N)=O)c21.Cl. The maximum atomic E-state index is 13.5. The molecule has 2 heterocycles. The molecule has 0 fully saturated rings. The number of amides is 1. The molecule has 0 spiro atoms. The Labute approximate surface area is 194 Å². The number of benzene rings is 1. The summed E-state index contributed by atoms with van der Waals surface area (Å²) < 4.78 is 26.6. The number of ether oxygens (including phenoxy) is 2. The highest BCUT2D eigenvalue weighted by Crippen LogP contribution is 2.39. The van der Waals surface area contributed by atoms with E-state index >= 15 is 0 Å². The van der Waals surface area contributed by atoms with Crippen LogP contribution in [0.2, 0.25) is 0 Å². The first-order valence-electron chi connectivity index (χ1n) is 10.3. The fourth-order valence-corrected chi connectivity index (χ4v) is 4.23. The molecule has 1 amide bonds. The lowest BCUT2D eigenvalue weighted by Crippen LogP contribution is -2.38. The molecule has 0 saturated heterocycles. The molecule has 6 nitrogen and oxygen atoms in total. The van der Waals surface area contributed by atoms with Crippen LogP contribution < -0.4 is 5.73 Å². The smallest absolute Gasteiger partial charge is 0.405 e. The Kier molecular flexibility index (Phi) is 8.26. The number of methoxy groups -OCH3 is 1. The molecule has 174 valence electrons. The molecule has 0 bridgehead atoms. The lowest BCUT2D eigenvalue weighted by molar-refractivity contribution is 0.0239. The van der Waals surface area contributed by atoms with Gasteiger partial charge in [-0.2, -0.15) is 0 Å². The lowest BCUT2D eigenvalue weighted by atomic mass is 9.79. The zero-order valence-corrected chi connectivity index (χ0v) is 20.0. The van der Waals surface area contributed by atoms with Crippen molar-refractivity contribution >= 4 is 29.5 Å². The summed E-state index contributed by atoms with van der Waals surface area (Å²) in [6, 6.07) is 8.34. The van der Waals surface area contributed by atoms with Crippen LogP contribution in [0.4, 0.5) is 9.18 Å². The number of nitrogens with zero attached hydrogens (tertiary/aromatic N) is 2. The first-order chi connectivity index (χ1) is 14.7. The van der Waals surface area contributed by atoms with Gasteiger partial charge >= 0.3 is 6.09 Å². The average Bonchev–Trinajstić information content (AvgIpc) is 2.95. The molecule has 0 saturated carbocycles. The van der Waals surface area contributed by atoms with Crippen LogP contribution in [0.25, 0.3) is 11.0 Å². The molecule has 2 aromatic heterocycles. The van der Waals surface area contributed by atoms with Crippen LogP contribution in [0, 0.1) is 19.7 Å². The standard InChI is InChI=1S/C24H30FN3O3.ClH/c1-15-16(2)28(12-13-30-5)22-19(10-11-27-21(15)22)20(24(3,4)31-23(26)29)14-17-6-8-18(25)9-7-17;/h6-11,20H,12-14H2,1-5H3,(H2,26,29);1H. The van der Waals surface area contributed by atoms with E-state index in [1.807, 2.05) is 19.9 Å². The average molecular weight is 464 g/mol. The van der Waals surface area contributed by atoms with Gasteiger partial charge in [0, 0.05) is 31.5 Å². The number of nitrogens with two attached hydrogens (primary N) is 1. The number of fused-ring (bicyclic) bond motifs is 1. The van der Waals surface area contributed by atoms with Crippen LogP contribution in [0.1, 0.15) is 42.1 Å². The summed E-state index contributed by atoms with van der Waals surface area (Å²) in [5, 5.41) is 0. The molecule has 1 unspecified atom stereocenters. The van der Waals surface area contributed by atoms with E-state index in [4.69, 9.17) is 15.2 Å². The molecule has 3 aromatic rings. The monoisotopic (exact) mass is 463 g/mol. The number of pyridine rings is 1. The van der Waals surface area contributed by atoms with Crippen LogP contribution >= 0.6 is 12.4 Å². The van der Waals surface area contributed by atoms with Crippen molar-refractivity contribution in [2.45, 2.75) is 52.2 Å². The number of aryl methyl sites for hydroxylation is 1. The molecular formula is C24H31ClFN3O3. The first-order valence-corrected chi connectivity index (χ1v) is 10.3. The zero-order chi connectivity index (χ0) is 22.8. The van der Waals surface area contributed by atoms with Crippen molar-refractivity contribution in [1.82, 2.24) is 9.55 Å². The summed E-state index contributed by atoms with van der Waals surface area (Å²) in [4.78, 5) is 16.3. The molecule has 2 N–H and O–H groups in total. The minimum Gasteiger partial charge on any atom is -0.443 e. The van der Waals surface area contributed by atoms with E-state index in [-0.39, 0.29) is 24.1 Å². The molecule has 3 rings (SSSR count). The van der Waals surface area contributed by atoms with Crippen LogP contribution in [-0.4, -0.2) is 35.0 Å². The normalized spacial score (nSPS) is 12.4. The fourth-order valence-electron chi connectivity index (χ4n) is 4.23. The van der Waals surface area contributed by atoms with Crippen LogP contribution in [-0.2, 0) is 22.4 Å². The highest BCUT2D eigenvalue weighted by atomic mass is 35.5. The van der Waals surface area contributed by atoms with Crippen molar-refractivity contribution in [2.75, 3.05) is 13.7 Å². The minimum absolute atomic E-state index is 0. The van der Waals surface area contributed by atoms with Crippen molar-refractivity contribution in [2.24, 2.45) is 5.73 Å². The van der Waals surface area contributed by atoms with E-state index < -0.39 is 11.7 Å². The van der Waals surface area contributed by atoms with Gasteiger partial charge in [-0.15, -0.1) is 12.4 Å². The third kappa shape index (κ3) is 5.22. The molecule has 0 aliphatic heterocycles. The number of carbonyl (C=O) groups excluding carboxylic acids is 1. The summed E-state index contributed by atoms with van der Waals surface area (Å²) in [7, 11) is 1.67. The largest absolute Gasteiger partial charge is 0.443 e. The van der Waals surface area contributed by atoms with Gasteiger partial charge in [0.1, 0.15) is 11.4 Å². The highest BCUT2D eigenvalue weighted by molar-refractivity contribution is 5.85. The van der Waals surface area contributed by atoms with E-state index in [1.54, 1.807) is 25.4 Å².